The van der Waals surface area contributed by atoms with Gasteiger partial charge in [-0.3, -0.25) is 0 Å². The zero-order valence-corrected chi connectivity index (χ0v) is 14.9. The van der Waals surface area contributed by atoms with Crippen molar-refractivity contribution < 1.29 is 0 Å². The van der Waals surface area contributed by atoms with E-state index in [9.17, 15) is 0 Å². The van der Waals surface area contributed by atoms with Crippen molar-refractivity contribution in [3.63, 3.8) is 0 Å². The van der Waals surface area contributed by atoms with Crippen LogP contribution >= 0.6 is 0 Å². The summed E-state index contributed by atoms with van der Waals surface area (Å²) in [5.41, 5.74) is 5.83. The van der Waals surface area contributed by atoms with E-state index in [1.54, 1.807) is 0 Å². The van der Waals surface area contributed by atoms with Crippen LogP contribution in [0.4, 0.5) is 0 Å². The van der Waals surface area contributed by atoms with Gasteiger partial charge in [0.1, 0.15) is 0 Å². The van der Waals surface area contributed by atoms with Crippen LogP contribution in [-0.4, -0.2) is 31.1 Å². The summed E-state index contributed by atoms with van der Waals surface area (Å²) in [5, 5.41) is 3.70. The maximum absolute atomic E-state index is 3.70. The van der Waals surface area contributed by atoms with Gasteiger partial charge < -0.3 is 10.2 Å². The number of likely N-dealkylation sites (N-methyl/N-ethyl adjacent to an activating group) is 1. The molecule has 2 nitrogen and oxygen atoms in total. The number of nitrogens with zero attached hydrogens (tertiary/aromatic N) is 1. The van der Waals surface area contributed by atoms with E-state index in [0.29, 0.717) is 6.04 Å². The van der Waals surface area contributed by atoms with Gasteiger partial charge in [0.05, 0.1) is 0 Å². The number of allylic oxidation sites excluding steroid dienone is 2. The van der Waals surface area contributed by atoms with Gasteiger partial charge in [-0.1, -0.05) is 36.4 Å². The molecule has 0 bridgehead atoms. The Balaban J connectivity index is 2.36. The minimum absolute atomic E-state index is 0.112. The Morgan fingerprint density at radius 3 is 2.50 bits per heavy atom. The summed E-state index contributed by atoms with van der Waals surface area (Å²) in [4.78, 5) is 2.24. The number of benzene rings is 1. The molecule has 0 aliphatic heterocycles. The highest BCUT2D eigenvalue weighted by atomic mass is 15.0. The van der Waals surface area contributed by atoms with Gasteiger partial charge in [-0.2, -0.15) is 0 Å². The van der Waals surface area contributed by atoms with Crippen LogP contribution in [0.5, 0.6) is 0 Å². The molecule has 120 valence electrons. The number of nitrogens with one attached hydrogen (secondary N) is 1. The van der Waals surface area contributed by atoms with Crippen molar-refractivity contribution in [3.8, 4) is 0 Å². The molecule has 1 N–H and O–H groups in total. The van der Waals surface area contributed by atoms with Gasteiger partial charge in [0.2, 0.25) is 0 Å². The Morgan fingerprint density at radius 2 is 1.86 bits per heavy atom. The monoisotopic (exact) mass is 298 g/mol. The molecule has 1 aliphatic carbocycles. The third kappa shape index (κ3) is 4.31. The normalized spacial score (nSPS) is 16.7. The van der Waals surface area contributed by atoms with Crippen molar-refractivity contribution >= 4 is 5.57 Å². The van der Waals surface area contributed by atoms with Crippen molar-refractivity contribution in [3.05, 3.63) is 53.1 Å². The molecule has 1 aromatic rings. The van der Waals surface area contributed by atoms with Crippen LogP contribution in [0, 0.1) is 0 Å². The topological polar surface area (TPSA) is 15.3 Å². The second-order valence-electron chi connectivity index (χ2n) is 7.55. The van der Waals surface area contributed by atoms with Crippen molar-refractivity contribution in [1.29, 1.82) is 0 Å². The Kier molecular flexibility index (Phi) is 5.25. The molecular weight excluding hydrogens is 268 g/mol. The molecule has 0 saturated carbocycles. The summed E-state index contributed by atoms with van der Waals surface area (Å²) in [6.07, 6.45) is 5.61. The van der Waals surface area contributed by atoms with Crippen LogP contribution < -0.4 is 5.32 Å². The quantitative estimate of drug-likeness (QED) is 0.866. The molecule has 1 atom stereocenters. The Morgan fingerprint density at radius 1 is 1.18 bits per heavy atom. The van der Waals surface area contributed by atoms with Crippen LogP contribution in [0.3, 0.4) is 0 Å². The highest BCUT2D eigenvalue weighted by molar-refractivity contribution is 5.77. The van der Waals surface area contributed by atoms with E-state index in [1.165, 1.54) is 22.3 Å². The summed E-state index contributed by atoms with van der Waals surface area (Å²) < 4.78 is 0. The first-order valence-corrected chi connectivity index (χ1v) is 8.18. The lowest BCUT2D eigenvalue weighted by Gasteiger charge is -2.28. The lowest BCUT2D eigenvalue weighted by Crippen LogP contribution is -2.37. The van der Waals surface area contributed by atoms with Crippen LogP contribution in [0.1, 0.15) is 51.3 Å². The highest BCUT2D eigenvalue weighted by Crippen LogP contribution is 2.34. The molecule has 22 heavy (non-hydrogen) atoms. The Labute approximate surface area is 135 Å². The first-order valence-electron chi connectivity index (χ1n) is 8.18. The van der Waals surface area contributed by atoms with Gasteiger partial charge >= 0.3 is 0 Å². The predicted octanol–water partition coefficient (Wildman–Crippen LogP) is 4.41. The second kappa shape index (κ2) is 6.80. The molecule has 0 radical (unpaired) electrons. The predicted molar refractivity (Wildman–Crippen MR) is 97.0 cm³/mol. The molecule has 1 unspecified atom stereocenters. The fourth-order valence-electron chi connectivity index (χ4n) is 3.20. The maximum atomic E-state index is 3.70. The largest absolute Gasteiger partial charge is 0.306 e. The average Bonchev–Trinajstić information content (AvgIpc) is 2.84. The molecule has 1 aromatic carbocycles. The zero-order chi connectivity index (χ0) is 16.3. The lowest BCUT2D eigenvalue weighted by molar-refractivity contribution is 0.378. The first kappa shape index (κ1) is 17.0. The lowest BCUT2D eigenvalue weighted by atomic mass is 9.91. The third-order valence-corrected chi connectivity index (χ3v) is 3.92. The Hall–Kier alpha value is -1.38. The van der Waals surface area contributed by atoms with Crippen molar-refractivity contribution in [2.24, 2.45) is 0 Å². The van der Waals surface area contributed by atoms with Gasteiger partial charge in [-0.05, 0) is 70.5 Å². The molecule has 0 spiro atoms. The van der Waals surface area contributed by atoms with Crippen LogP contribution in [0.25, 0.3) is 5.57 Å². The second-order valence-corrected chi connectivity index (χ2v) is 7.55. The third-order valence-electron chi connectivity index (χ3n) is 3.92. The number of hydrogen-bond acceptors (Lipinski definition) is 2. The van der Waals surface area contributed by atoms with Crippen LogP contribution in [0.15, 0.2) is 42.0 Å². The number of rotatable bonds is 5. The zero-order valence-electron chi connectivity index (χ0n) is 14.9. The van der Waals surface area contributed by atoms with E-state index in [1.807, 2.05) is 0 Å². The summed E-state index contributed by atoms with van der Waals surface area (Å²) in [6, 6.07) is 9.17. The van der Waals surface area contributed by atoms with Gasteiger partial charge in [0.25, 0.3) is 0 Å². The van der Waals surface area contributed by atoms with Gasteiger partial charge in [0, 0.05) is 18.1 Å². The molecule has 0 fully saturated rings. The average molecular weight is 298 g/mol. The van der Waals surface area contributed by atoms with E-state index in [0.717, 1.165) is 13.0 Å². The highest BCUT2D eigenvalue weighted by Gasteiger charge is 2.20. The fourth-order valence-corrected chi connectivity index (χ4v) is 3.20. The van der Waals surface area contributed by atoms with E-state index in [2.05, 4.69) is 88.4 Å². The summed E-state index contributed by atoms with van der Waals surface area (Å²) in [5.74, 6) is 0. The molecule has 0 heterocycles. The van der Waals surface area contributed by atoms with Gasteiger partial charge in [0.15, 0.2) is 0 Å². The van der Waals surface area contributed by atoms with Crippen molar-refractivity contribution in [2.75, 3.05) is 20.6 Å². The molecule has 2 rings (SSSR count). The molecule has 2 heteroatoms. The van der Waals surface area contributed by atoms with E-state index < -0.39 is 0 Å². The minimum Gasteiger partial charge on any atom is -0.306 e. The standard InChI is InChI=1S/C20H30N2/c1-15(21-20(2,3)4)17-11-7-8-12-19(17)18-13-9-10-16(18)14-22(5)6/h7-12,15,21H,13-14H2,1-6H3. The van der Waals surface area contributed by atoms with E-state index >= 15 is 0 Å². The molecule has 0 aromatic heterocycles. The summed E-state index contributed by atoms with van der Waals surface area (Å²) >= 11 is 0. The Bertz CT molecular complexity index is 574. The SMILES string of the molecule is CC(NC(C)(C)C)c1ccccc1C1=C(CN(C)C)C=CC1. The van der Waals surface area contributed by atoms with E-state index in [4.69, 9.17) is 0 Å². The number of hydrogen-bond donors (Lipinski definition) is 1. The summed E-state index contributed by atoms with van der Waals surface area (Å²) in [7, 11) is 4.26. The molecule has 1 aliphatic rings. The van der Waals surface area contributed by atoms with Crippen LogP contribution in [-0.2, 0) is 0 Å². The van der Waals surface area contributed by atoms with E-state index in [-0.39, 0.29) is 5.54 Å². The molecular formula is C20H30N2. The summed E-state index contributed by atoms with van der Waals surface area (Å²) in [6.45, 7) is 9.93. The smallest absolute Gasteiger partial charge is 0.0302 e. The van der Waals surface area contributed by atoms with Crippen LogP contribution in [0.2, 0.25) is 0 Å². The molecule has 0 saturated heterocycles. The maximum Gasteiger partial charge on any atom is 0.0302 e. The fraction of sp³-hybridized carbons (Fsp3) is 0.500. The van der Waals surface area contributed by atoms with Crippen molar-refractivity contribution in [1.82, 2.24) is 10.2 Å². The van der Waals surface area contributed by atoms with Gasteiger partial charge in [-0.25, -0.2) is 0 Å². The molecule has 0 amide bonds. The first-order chi connectivity index (χ1) is 10.3. The van der Waals surface area contributed by atoms with Gasteiger partial charge in [-0.15, -0.1) is 0 Å². The van der Waals surface area contributed by atoms with Crippen molar-refractivity contribution in [2.45, 2.75) is 45.7 Å². The minimum atomic E-state index is 0.112.